The van der Waals surface area contributed by atoms with Gasteiger partial charge in [-0.15, -0.1) is 0 Å². The van der Waals surface area contributed by atoms with Gasteiger partial charge in [0.15, 0.2) is 11.6 Å². The van der Waals surface area contributed by atoms with Gasteiger partial charge in [-0.05, 0) is 37.8 Å². The lowest BCUT2D eigenvalue weighted by Crippen LogP contribution is -2.16. The molecule has 0 bridgehead atoms. The van der Waals surface area contributed by atoms with Crippen molar-refractivity contribution in [1.29, 1.82) is 0 Å². The number of halogens is 3. The van der Waals surface area contributed by atoms with Gasteiger partial charge in [-0.1, -0.05) is 12.8 Å². The topological polar surface area (TPSA) is 43.4 Å². The number of ether oxygens (including phenoxy) is 1. The van der Waals surface area contributed by atoms with Crippen molar-refractivity contribution in [3.05, 3.63) is 23.8 Å². The molecular weight excluding hydrogens is 310 g/mol. The molecule has 0 spiro atoms. The Morgan fingerprint density at radius 1 is 1.05 bits per heavy atom. The van der Waals surface area contributed by atoms with Crippen molar-refractivity contribution in [1.82, 2.24) is 0 Å². The molecule has 1 aliphatic carbocycles. The van der Waals surface area contributed by atoms with Crippen LogP contribution in [0.25, 0.3) is 0 Å². The van der Waals surface area contributed by atoms with Gasteiger partial charge >= 0.3 is 0 Å². The minimum Gasteiger partial charge on any atom is -0.487 e. The van der Waals surface area contributed by atoms with E-state index in [-0.39, 0.29) is 11.9 Å². The quantitative estimate of drug-likeness (QED) is 0.623. The van der Waals surface area contributed by atoms with E-state index in [0.717, 1.165) is 50.7 Å². The van der Waals surface area contributed by atoms with Crippen molar-refractivity contribution in [2.45, 2.75) is 49.5 Å². The normalized spacial score (nSPS) is 17.8. The first-order valence-electron chi connectivity index (χ1n) is 6.49. The lowest BCUT2D eigenvalue weighted by Gasteiger charge is -2.17. The van der Waals surface area contributed by atoms with E-state index >= 15 is 0 Å². The first-order chi connectivity index (χ1) is 9.39. The van der Waals surface area contributed by atoms with Crippen molar-refractivity contribution < 1.29 is 21.9 Å². The summed E-state index contributed by atoms with van der Waals surface area (Å²) in [5, 5.41) is 0. The zero-order chi connectivity index (χ0) is 14.8. The second-order valence-electron chi connectivity index (χ2n) is 4.86. The maximum atomic E-state index is 13.8. The van der Waals surface area contributed by atoms with E-state index in [1.165, 1.54) is 0 Å². The van der Waals surface area contributed by atoms with Crippen molar-refractivity contribution in [2.24, 2.45) is 0 Å². The Labute approximate surface area is 121 Å². The van der Waals surface area contributed by atoms with Crippen molar-refractivity contribution >= 4 is 19.7 Å². The SMILES string of the molecule is O=S(=O)(Cl)c1ccc(OC2CCCCCC2)c(F)c1F. The van der Waals surface area contributed by atoms with Crippen LogP contribution in [0.1, 0.15) is 38.5 Å². The number of benzene rings is 1. The third kappa shape index (κ3) is 3.61. The molecule has 112 valence electrons. The molecule has 1 aromatic carbocycles. The second-order valence-corrected chi connectivity index (χ2v) is 7.39. The molecule has 0 amide bonds. The van der Waals surface area contributed by atoms with Crippen LogP contribution in [0, 0.1) is 11.6 Å². The van der Waals surface area contributed by atoms with Crippen LogP contribution >= 0.6 is 10.7 Å². The van der Waals surface area contributed by atoms with Crippen LogP contribution in [-0.2, 0) is 9.05 Å². The van der Waals surface area contributed by atoms with Gasteiger partial charge in [-0.3, -0.25) is 0 Å². The first-order valence-corrected chi connectivity index (χ1v) is 8.80. The van der Waals surface area contributed by atoms with Gasteiger partial charge in [0.2, 0.25) is 5.82 Å². The van der Waals surface area contributed by atoms with Gasteiger partial charge in [0.05, 0.1) is 6.10 Å². The summed E-state index contributed by atoms with van der Waals surface area (Å²) in [4.78, 5) is -0.870. The van der Waals surface area contributed by atoms with Crippen LogP contribution < -0.4 is 4.74 Å². The highest BCUT2D eigenvalue weighted by molar-refractivity contribution is 8.13. The molecular formula is C13H15ClF2O3S. The molecule has 0 atom stereocenters. The summed E-state index contributed by atoms with van der Waals surface area (Å²) >= 11 is 0. The zero-order valence-electron chi connectivity index (χ0n) is 10.7. The molecule has 0 heterocycles. The van der Waals surface area contributed by atoms with Crippen LogP contribution in [-0.4, -0.2) is 14.5 Å². The molecule has 1 saturated carbocycles. The maximum absolute atomic E-state index is 13.8. The molecule has 0 saturated heterocycles. The monoisotopic (exact) mass is 324 g/mol. The van der Waals surface area contributed by atoms with Gasteiger partial charge in [-0.25, -0.2) is 12.8 Å². The van der Waals surface area contributed by atoms with Crippen LogP contribution in [0.2, 0.25) is 0 Å². The predicted octanol–water partition coefficient (Wildman–Crippen LogP) is 3.99. The maximum Gasteiger partial charge on any atom is 0.264 e. The number of hydrogen-bond acceptors (Lipinski definition) is 3. The molecule has 7 heteroatoms. The number of hydrogen-bond donors (Lipinski definition) is 0. The largest absolute Gasteiger partial charge is 0.487 e. The van der Waals surface area contributed by atoms with Gasteiger partial charge in [0.25, 0.3) is 9.05 Å². The summed E-state index contributed by atoms with van der Waals surface area (Å²) in [5.41, 5.74) is 0. The molecule has 1 aliphatic rings. The molecule has 0 radical (unpaired) electrons. The van der Waals surface area contributed by atoms with Crippen LogP contribution in [0.15, 0.2) is 17.0 Å². The summed E-state index contributed by atoms with van der Waals surface area (Å²) in [6.07, 6.45) is 5.61. The molecule has 0 aliphatic heterocycles. The van der Waals surface area contributed by atoms with Gasteiger partial charge < -0.3 is 4.74 Å². The first kappa shape index (κ1) is 15.5. The lowest BCUT2D eigenvalue weighted by atomic mass is 10.1. The molecule has 2 rings (SSSR count). The Hall–Kier alpha value is -0.880. The predicted molar refractivity (Wildman–Crippen MR) is 71.5 cm³/mol. The minimum absolute atomic E-state index is 0.162. The molecule has 0 aromatic heterocycles. The third-order valence-electron chi connectivity index (χ3n) is 3.37. The summed E-state index contributed by atoms with van der Waals surface area (Å²) in [5.74, 6) is -3.07. The fourth-order valence-electron chi connectivity index (χ4n) is 2.33. The second kappa shape index (κ2) is 6.26. The van der Waals surface area contributed by atoms with Crippen LogP contribution in [0.4, 0.5) is 8.78 Å². The lowest BCUT2D eigenvalue weighted by molar-refractivity contribution is 0.173. The highest BCUT2D eigenvalue weighted by Crippen LogP contribution is 2.30. The molecule has 1 fully saturated rings. The molecule has 20 heavy (non-hydrogen) atoms. The van der Waals surface area contributed by atoms with E-state index in [0.29, 0.717) is 0 Å². The summed E-state index contributed by atoms with van der Waals surface area (Å²) in [6, 6.07) is 2.03. The summed E-state index contributed by atoms with van der Waals surface area (Å²) in [7, 11) is 0.716. The average molecular weight is 325 g/mol. The fraction of sp³-hybridized carbons (Fsp3) is 0.538. The standard InChI is InChI=1S/C13H15ClF2O3S/c14-20(17,18)11-8-7-10(12(15)13(11)16)19-9-5-3-1-2-4-6-9/h7-9H,1-6H2. The molecule has 0 unspecified atom stereocenters. The Bertz CT molecular complexity index is 582. The van der Waals surface area contributed by atoms with E-state index < -0.39 is 25.6 Å². The highest BCUT2D eigenvalue weighted by Gasteiger charge is 2.24. The Morgan fingerprint density at radius 3 is 2.20 bits per heavy atom. The van der Waals surface area contributed by atoms with Gasteiger partial charge in [0, 0.05) is 10.7 Å². The van der Waals surface area contributed by atoms with Gasteiger partial charge in [0.1, 0.15) is 4.90 Å². The molecule has 0 N–H and O–H groups in total. The number of rotatable bonds is 3. The van der Waals surface area contributed by atoms with Gasteiger partial charge in [-0.2, -0.15) is 4.39 Å². The Morgan fingerprint density at radius 2 is 1.65 bits per heavy atom. The minimum atomic E-state index is -4.31. The molecule has 3 nitrogen and oxygen atoms in total. The van der Waals surface area contributed by atoms with Crippen molar-refractivity contribution in [2.75, 3.05) is 0 Å². The summed E-state index contributed by atoms with van der Waals surface area (Å²) < 4.78 is 55.1. The van der Waals surface area contributed by atoms with E-state index in [2.05, 4.69) is 0 Å². The van der Waals surface area contributed by atoms with E-state index in [1.807, 2.05) is 0 Å². The fourth-order valence-corrected chi connectivity index (χ4v) is 3.22. The highest BCUT2D eigenvalue weighted by atomic mass is 35.7. The Kier molecular flexibility index (Phi) is 4.86. The van der Waals surface area contributed by atoms with E-state index in [9.17, 15) is 17.2 Å². The Balaban J connectivity index is 2.23. The van der Waals surface area contributed by atoms with E-state index in [1.54, 1.807) is 0 Å². The average Bonchev–Trinajstić information content (AvgIpc) is 2.62. The third-order valence-corrected chi connectivity index (χ3v) is 4.71. The van der Waals surface area contributed by atoms with E-state index in [4.69, 9.17) is 15.4 Å². The van der Waals surface area contributed by atoms with Crippen LogP contribution in [0.3, 0.4) is 0 Å². The van der Waals surface area contributed by atoms with Crippen LogP contribution in [0.5, 0.6) is 5.75 Å². The van der Waals surface area contributed by atoms with Crippen molar-refractivity contribution in [3.8, 4) is 5.75 Å². The van der Waals surface area contributed by atoms with Crippen molar-refractivity contribution in [3.63, 3.8) is 0 Å². The zero-order valence-corrected chi connectivity index (χ0v) is 12.3. The summed E-state index contributed by atoms with van der Waals surface area (Å²) in [6.45, 7) is 0. The molecule has 1 aromatic rings. The smallest absolute Gasteiger partial charge is 0.264 e.